The van der Waals surface area contributed by atoms with E-state index in [1.807, 2.05) is 4.72 Å². The number of rotatable bonds is 4. The van der Waals surface area contributed by atoms with Crippen molar-refractivity contribution in [2.45, 2.75) is 37.6 Å². The van der Waals surface area contributed by atoms with Crippen LogP contribution in [0.3, 0.4) is 0 Å². The number of nitrogens with zero attached hydrogens (tertiary/aromatic N) is 3. The van der Waals surface area contributed by atoms with Gasteiger partial charge in [0.15, 0.2) is 5.82 Å². The van der Waals surface area contributed by atoms with Gasteiger partial charge in [-0.1, -0.05) is 0 Å². The minimum Gasteiger partial charge on any atom is -0.348 e. The molecule has 3 N–H and O–H groups in total. The Hall–Kier alpha value is -2.17. The third kappa shape index (κ3) is 2.51. The molecule has 1 aromatic heterocycles. The Morgan fingerprint density at radius 2 is 2.14 bits per heavy atom. The molecule has 11 heteroatoms. The second kappa shape index (κ2) is 4.93. The SMILES string of the molecule is CC1(S(=O)(=O)NC(=O)NCc2nnc3n2CCNC3=O)CC1. The molecule has 0 aromatic carbocycles. The normalized spacial score (nSPS) is 19.0. The molecule has 1 aliphatic heterocycles. The van der Waals surface area contributed by atoms with Crippen molar-refractivity contribution in [3.63, 3.8) is 0 Å². The molecule has 3 amide bonds. The van der Waals surface area contributed by atoms with Gasteiger partial charge in [-0.3, -0.25) is 4.79 Å². The molecule has 120 valence electrons. The third-order valence-corrected chi connectivity index (χ3v) is 6.05. The second-order valence-electron chi connectivity index (χ2n) is 5.59. The Morgan fingerprint density at radius 3 is 2.82 bits per heavy atom. The van der Waals surface area contributed by atoms with Crippen LogP contribution in [0.2, 0.25) is 0 Å². The first-order valence-corrected chi connectivity index (χ1v) is 8.31. The number of carbonyl (C=O) groups excluding carboxylic acids is 2. The molecule has 10 nitrogen and oxygen atoms in total. The van der Waals surface area contributed by atoms with Gasteiger partial charge in [-0.25, -0.2) is 17.9 Å². The Kier molecular flexibility index (Phi) is 3.31. The van der Waals surface area contributed by atoms with E-state index in [0.717, 1.165) is 0 Å². The van der Waals surface area contributed by atoms with Gasteiger partial charge >= 0.3 is 6.03 Å². The van der Waals surface area contributed by atoms with Crippen LogP contribution in [0.4, 0.5) is 4.79 Å². The van der Waals surface area contributed by atoms with Crippen molar-refractivity contribution >= 4 is 22.0 Å². The third-order valence-electron chi connectivity index (χ3n) is 3.89. The van der Waals surface area contributed by atoms with Crippen LogP contribution < -0.4 is 15.4 Å². The van der Waals surface area contributed by atoms with Gasteiger partial charge in [0.05, 0.1) is 11.3 Å². The van der Waals surface area contributed by atoms with E-state index in [-0.39, 0.29) is 18.3 Å². The summed E-state index contributed by atoms with van der Waals surface area (Å²) < 4.78 is 26.5. The molecule has 1 fully saturated rings. The van der Waals surface area contributed by atoms with Gasteiger partial charge in [-0.05, 0) is 19.8 Å². The molecule has 2 heterocycles. The van der Waals surface area contributed by atoms with Crippen molar-refractivity contribution < 1.29 is 18.0 Å². The molecule has 2 aliphatic rings. The number of carbonyl (C=O) groups is 2. The Labute approximate surface area is 126 Å². The molecule has 0 spiro atoms. The number of fused-ring (bicyclic) bond motifs is 1. The zero-order chi connectivity index (χ0) is 16.0. The summed E-state index contributed by atoms with van der Waals surface area (Å²) in [5.74, 6) is 0.260. The maximum absolute atomic E-state index is 11.9. The molecule has 0 atom stereocenters. The van der Waals surface area contributed by atoms with Crippen molar-refractivity contribution in [1.29, 1.82) is 0 Å². The van der Waals surface area contributed by atoms with Crippen molar-refractivity contribution in [3.05, 3.63) is 11.6 Å². The van der Waals surface area contributed by atoms with Crippen molar-refractivity contribution in [2.24, 2.45) is 0 Å². The second-order valence-corrected chi connectivity index (χ2v) is 7.78. The van der Waals surface area contributed by atoms with Gasteiger partial charge in [-0.2, -0.15) is 0 Å². The zero-order valence-corrected chi connectivity index (χ0v) is 12.7. The van der Waals surface area contributed by atoms with Gasteiger partial charge in [-0.15, -0.1) is 10.2 Å². The summed E-state index contributed by atoms with van der Waals surface area (Å²) in [6.45, 7) is 2.54. The van der Waals surface area contributed by atoms with E-state index >= 15 is 0 Å². The standard InChI is InChI=1S/C11H16N6O4S/c1-11(2-3-11)22(20,21)16-10(19)13-6-7-14-15-8-9(18)12-4-5-17(7)8/h2-6H2,1H3,(H,12,18)(H2,13,16,19). The summed E-state index contributed by atoms with van der Waals surface area (Å²) in [6, 6.07) is -0.814. The summed E-state index contributed by atoms with van der Waals surface area (Å²) in [5.41, 5.74) is 0. The number of hydrogen-bond acceptors (Lipinski definition) is 6. The van der Waals surface area contributed by atoms with E-state index in [2.05, 4.69) is 20.8 Å². The minimum absolute atomic E-state index is 0.0155. The highest BCUT2D eigenvalue weighted by molar-refractivity contribution is 7.91. The van der Waals surface area contributed by atoms with E-state index in [1.165, 1.54) is 0 Å². The van der Waals surface area contributed by atoms with E-state index in [4.69, 9.17) is 0 Å². The quantitative estimate of drug-likeness (QED) is 0.629. The zero-order valence-electron chi connectivity index (χ0n) is 11.9. The number of aromatic nitrogens is 3. The Balaban J connectivity index is 1.61. The monoisotopic (exact) mass is 328 g/mol. The van der Waals surface area contributed by atoms with Crippen LogP contribution in [0.15, 0.2) is 0 Å². The lowest BCUT2D eigenvalue weighted by Gasteiger charge is -2.16. The summed E-state index contributed by atoms with van der Waals surface area (Å²) in [5, 5.41) is 12.6. The van der Waals surface area contributed by atoms with Crippen molar-refractivity contribution in [3.8, 4) is 0 Å². The van der Waals surface area contributed by atoms with Crippen LogP contribution in [0.25, 0.3) is 0 Å². The average molecular weight is 328 g/mol. The predicted octanol–water partition coefficient (Wildman–Crippen LogP) is -1.30. The highest BCUT2D eigenvalue weighted by atomic mass is 32.2. The first-order chi connectivity index (χ1) is 10.3. The van der Waals surface area contributed by atoms with Crippen LogP contribution in [-0.4, -0.2) is 46.4 Å². The molecule has 1 aromatic rings. The van der Waals surface area contributed by atoms with Gasteiger partial charge in [0.2, 0.25) is 15.8 Å². The van der Waals surface area contributed by atoms with Gasteiger partial charge in [0, 0.05) is 13.1 Å². The first kappa shape index (κ1) is 14.8. The maximum atomic E-state index is 11.9. The summed E-state index contributed by atoms with van der Waals surface area (Å²) in [7, 11) is -3.67. The molecule has 0 saturated heterocycles. The highest BCUT2D eigenvalue weighted by Crippen LogP contribution is 2.42. The minimum atomic E-state index is -3.67. The van der Waals surface area contributed by atoms with E-state index in [0.29, 0.717) is 31.8 Å². The number of hydrogen-bond donors (Lipinski definition) is 3. The fourth-order valence-electron chi connectivity index (χ4n) is 2.11. The lowest BCUT2D eigenvalue weighted by atomic mass is 10.4. The number of sulfonamides is 1. The lowest BCUT2D eigenvalue weighted by Crippen LogP contribution is -2.44. The molecule has 0 radical (unpaired) electrons. The Morgan fingerprint density at radius 1 is 1.41 bits per heavy atom. The molecule has 0 bridgehead atoms. The van der Waals surface area contributed by atoms with Crippen LogP contribution in [-0.2, 0) is 23.1 Å². The molecule has 1 aliphatic carbocycles. The first-order valence-electron chi connectivity index (χ1n) is 6.83. The summed E-state index contributed by atoms with van der Waals surface area (Å²) >= 11 is 0. The van der Waals surface area contributed by atoms with Crippen LogP contribution in [0.5, 0.6) is 0 Å². The van der Waals surface area contributed by atoms with Crippen LogP contribution >= 0.6 is 0 Å². The number of amides is 3. The van der Waals surface area contributed by atoms with Gasteiger partial charge < -0.3 is 15.2 Å². The van der Waals surface area contributed by atoms with E-state index < -0.39 is 20.8 Å². The maximum Gasteiger partial charge on any atom is 0.328 e. The predicted molar refractivity (Wildman–Crippen MR) is 74.3 cm³/mol. The van der Waals surface area contributed by atoms with Gasteiger partial charge in [0.1, 0.15) is 0 Å². The molecule has 1 saturated carbocycles. The van der Waals surface area contributed by atoms with Crippen molar-refractivity contribution in [1.82, 2.24) is 30.1 Å². The summed E-state index contributed by atoms with van der Waals surface area (Å²) in [6.07, 6.45) is 1.09. The highest BCUT2D eigenvalue weighted by Gasteiger charge is 2.50. The number of urea groups is 1. The molecule has 3 rings (SSSR count). The largest absolute Gasteiger partial charge is 0.348 e. The van der Waals surface area contributed by atoms with Crippen LogP contribution in [0.1, 0.15) is 36.2 Å². The van der Waals surface area contributed by atoms with E-state index in [9.17, 15) is 18.0 Å². The summed E-state index contributed by atoms with van der Waals surface area (Å²) in [4.78, 5) is 23.3. The Bertz CT molecular complexity index is 736. The molecule has 22 heavy (non-hydrogen) atoms. The van der Waals surface area contributed by atoms with E-state index in [1.54, 1.807) is 11.5 Å². The smallest absolute Gasteiger partial charge is 0.328 e. The molecule has 0 unspecified atom stereocenters. The van der Waals surface area contributed by atoms with Crippen molar-refractivity contribution in [2.75, 3.05) is 6.54 Å². The lowest BCUT2D eigenvalue weighted by molar-refractivity contribution is 0.0921. The fraction of sp³-hybridized carbons (Fsp3) is 0.636. The number of nitrogens with one attached hydrogen (secondary N) is 3. The van der Waals surface area contributed by atoms with Crippen LogP contribution in [0, 0.1) is 0 Å². The van der Waals surface area contributed by atoms with Gasteiger partial charge in [0.25, 0.3) is 5.91 Å². The molecular formula is C11H16N6O4S. The average Bonchev–Trinajstić information content (AvgIpc) is 3.07. The fourth-order valence-corrected chi connectivity index (χ4v) is 3.32. The molecular weight excluding hydrogens is 312 g/mol. The topological polar surface area (TPSA) is 135 Å².